The number of halogens is 1. The largest absolute Gasteiger partial charge is 0.324 e. The van der Waals surface area contributed by atoms with Crippen LogP contribution in [0.4, 0.5) is 16.2 Å². The standard InChI is InChI=1S/C19H22ClN3O2/c1-4-14-7-5-6-8-17(14)22-18(24)12-23(3)19(25)21-15-10-9-13(2)16(20)11-15/h5-11H,4,12H2,1-3H3,(H,21,25)(H,22,24). The zero-order valence-electron chi connectivity index (χ0n) is 14.6. The van der Waals surface area contributed by atoms with E-state index in [2.05, 4.69) is 10.6 Å². The van der Waals surface area contributed by atoms with E-state index in [-0.39, 0.29) is 18.5 Å². The van der Waals surface area contributed by atoms with Crippen molar-refractivity contribution in [2.24, 2.45) is 0 Å². The van der Waals surface area contributed by atoms with Gasteiger partial charge in [-0.25, -0.2) is 4.79 Å². The van der Waals surface area contributed by atoms with Crippen LogP contribution in [0.1, 0.15) is 18.1 Å². The first kappa shape index (κ1) is 18.8. The minimum Gasteiger partial charge on any atom is -0.324 e. The second kappa shape index (κ2) is 8.53. The Hall–Kier alpha value is -2.53. The van der Waals surface area contributed by atoms with E-state index in [1.54, 1.807) is 19.2 Å². The van der Waals surface area contributed by atoms with E-state index in [1.807, 2.05) is 44.2 Å². The summed E-state index contributed by atoms with van der Waals surface area (Å²) in [4.78, 5) is 25.7. The van der Waals surface area contributed by atoms with Crippen LogP contribution in [-0.2, 0) is 11.2 Å². The minimum absolute atomic E-state index is 0.0521. The second-order valence-corrected chi connectivity index (χ2v) is 6.22. The number of hydrogen-bond donors (Lipinski definition) is 2. The maximum Gasteiger partial charge on any atom is 0.322 e. The molecule has 0 spiro atoms. The average Bonchev–Trinajstić information content (AvgIpc) is 2.58. The molecule has 25 heavy (non-hydrogen) atoms. The number of carbonyl (C=O) groups excluding carboxylic acids is 2. The smallest absolute Gasteiger partial charge is 0.322 e. The van der Waals surface area contributed by atoms with Crippen LogP contribution in [-0.4, -0.2) is 30.4 Å². The maximum atomic E-state index is 12.2. The molecule has 0 unspecified atom stereocenters. The lowest BCUT2D eigenvalue weighted by Gasteiger charge is -2.18. The lowest BCUT2D eigenvalue weighted by molar-refractivity contribution is -0.116. The highest BCUT2D eigenvalue weighted by Gasteiger charge is 2.14. The van der Waals surface area contributed by atoms with E-state index in [0.717, 1.165) is 23.2 Å². The summed E-state index contributed by atoms with van der Waals surface area (Å²) in [5, 5.41) is 6.15. The van der Waals surface area contributed by atoms with Crippen molar-refractivity contribution in [2.45, 2.75) is 20.3 Å². The highest BCUT2D eigenvalue weighted by atomic mass is 35.5. The van der Waals surface area contributed by atoms with Gasteiger partial charge in [-0.1, -0.05) is 42.8 Å². The second-order valence-electron chi connectivity index (χ2n) is 5.81. The van der Waals surface area contributed by atoms with Gasteiger partial charge in [0.2, 0.25) is 5.91 Å². The Bertz CT molecular complexity index is 777. The van der Waals surface area contributed by atoms with Crippen LogP contribution in [0.25, 0.3) is 0 Å². The summed E-state index contributed by atoms with van der Waals surface area (Å²) in [6.07, 6.45) is 0.820. The van der Waals surface area contributed by atoms with Gasteiger partial charge in [0.1, 0.15) is 6.54 Å². The molecule has 2 aromatic rings. The first-order valence-electron chi connectivity index (χ1n) is 8.06. The first-order chi connectivity index (χ1) is 11.9. The van der Waals surface area contributed by atoms with Gasteiger partial charge < -0.3 is 15.5 Å². The summed E-state index contributed by atoms with van der Waals surface area (Å²) in [6, 6.07) is 12.5. The van der Waals surface area contributed by atoms with Crippen molar-refractivity contribution in [2.75, 3.05) is 24.2 Å². The lowest BCUT2D eigenvalue weighted by Crippen LogP contribution is -2.37. The highest BCUT2D eigenvalue weighted by Crippen LogP contribution is 2.20. The Kier molecular flexibility index (Phi) is 6.42. The number of amides is 3. The molecule has 0 aromatic heterocycles. The summed E-state index contributed by atoms with van der Waals surface area (Å²) in [5.41, 5.74) is 3.34. The molecule has 3 amide bonds. The Balaban J connectivity index is 1.93. The van der Waals surface area contributed by atoms with Gasteiger partial charge in [0.05, 0.1) is 0 Å². The number of nitrogens with one attached hydrogen (secondary N) is 2. The Morgan fingerprint density at radius 2 is 1.84 bits per heavy atom. The van der Waals surface area contributed by atoms with Crippen molar-refractivity contribution in [1.82, 2.24) is 4.90 Å². The van der Waals surface area contributed by atoms with Crippen LogP contribution < -0.4 is 10.6 Å². The first-order valence-corrected chi connectivity index (χ1v) is 8.44. The van der Waals surface area contributed by atoms with Crippen molar-refractivity contribution in [3.8, 4) is 0 Å². The van der Waals surface area contributed by atoms with Crippen molar-refractivity contribution in [3.05, 3.63) is 58.6 Å². The van der Waals surface area contributed by atoms with Gasteiger partial charge in [-0.3, -0.25) is 4.79 Å². The van der Waals surface area contributed by atoms with Crippen molar-refractivity contribution >= 4 is 34.9 Å². The van der Waals surface area contributed by atoms with Crippen LogP contribution in [0.2, 0.25) is 5.02 Å². The molecule has 0 atom stereocenters. The fourth-order valence-electron chi connectivity index (χ4n) is 2.32. The average molecular weight is 360 g/mol. The van der Waals surface area contributed by atoms with E-state index in [0.29, 0.717) is 10.7 Å². The minimum atomic E-state index is -0.376. The van der Waals surface area contributed by atoms with E-state index in [4.69, 9.17) is 11.6 Å². The SMILES string of the molecule is CCc1ccccc1NC(=O)CN(C)C(=O)Nc1ccc(C)c(Cl)c1. The topological polar surface area (TPSA) is 61.4 Å². The molecule has 0 aliphatic rings. The fraction of sp³-hybridized carbons (Fsp3) is 0.263. The Morgan fingerprint density at radius 3 is 2.52 bits per heavy atom. The molecule has 0 bridgehead atoms. The number of anilines is 2. The summed E-state index contributed by atoms with van der Waals surface area (Å²) in [5.74, 6) is -0.250. The number of benzene rings is 2. The van der Waals surface area contributed by atoms with Gasteiger partial charge in [-0.15, -0.1) is 0 Å². The van der Waals surface area contributed by atoms with Crippen LogP contribution in [0, 0.1) is 6.92 Å². The third-order valence-corrected chi connectivity index (χ3v) is 4.23. The van der Waals surface area contributed by atoms with Crippen molar-refractivity contribution in [3.63, 3.8) is 0 Å². The molecule has 0 heterocycles. The normalized spacial score (nSPS) is 10.2. The third kappa shape index (κ3) is 5.22. The predicted octanol–water partition coefficient (Wildman–Crippen LogP) is 4.31. The number of hydrogen-bond acceptors (Lipinski definition) is 2. The molecule has 6 heteroatoms. The fourth-order valence-corrected chi connectivity index (χ4v) is 2.50. The maximum absolute atomic E-state index is 12.2. The van der Waals surface area contributed by atoms with E-state index in [1.165, 1.54) is 4.90 Å². The zero-order valence-corrected chi connectivity index (χ0v) is 15.4. The molecule has 2 aromatic carbocycles. The quantitative estimate of drug-likeness (QED) is 0.835. The number of rotatable bonds is 5. The molecule has 0 radical (unpaired) electrons. The van der Waals surface area contributed by atoms with E-state index >= 15 is 0 Å². The molecule has 2 rings (SSSR count). The van der Waals surface area contributed by atoms with Gasteiger partial charge in [0, 0.05) is 23.4 Å². The van der Waals surface area contributed by atoms with Gasteiger partial charge in [-0.2, -0.15) is 0 Å². The molecule has 0 saturated carbocycles. The number of nitrogens with zero attached hydrogens (tertiary/aromatic N) is 1. The Labute approximate surface area is 153 Å². The van der Waals surface area contributed by atoms with Gasteiger partial charge in [0.15, 0.2) is 0 Å². The van der Waals surface area contributed by atoms with Crippen LogP contribution >= 0.6 is 11.6 Å². The molecule has 2 N–H and O–H groups in total. The van der Waals surface area contributed by atoms with Crippen LogP contribution in [0.15, 0.2) is 42.5 Å². The molecule has 5 nitrogen and oxygen atoms in total. The number of urea groups is 1. The Morgan fingerprint density at radius 1 is 1.12 bits per heavy atom. The molecular formula is C19H22ClN3O2. The monoisotopic (exact) mass is 359 g/mol. The van der Waals surface area contributed by atoms with E-state index in [9.17, 15) is 9.59 Å². The predicted molar refractivity (Wildman–Crippen MR) is 102 cm³/mol. The summed E-state index contributed by atoms with van der Waals surface area (Å²) in [7, 11) is 1.57. The van der Waals surface area contributed by atoms with Crippen LogP contribution in [0.5, 0.6) is 0 Å². The lowest BCUT2D eigenvalue weighted by atomic mass is 10.1. The molecule has 0 aliphatic heterocycles. The summed E-state index contributed by atoms with van der Waals surface area (Å²) >= 11 is 6.05. The van der Waals surface area contributed by atoms with Crippen LogP contribution in [0.3, 0.4) is 0 Å². The number of aryl methyl sites for hydroxylation is 2. The highest BCUT2D eigenvalue weighted by molar-refractivity contribution is 6.31. The zero-order chi connectivity index (χ0) is 18.4. The molecule has 132 valence electrons. The molecule has 0 aliphatic carbocycles. The summed E-state index contributed by atoms with van der Waals surface area (Å²) in [6.45, 7) is 3.86. The number of likely N-dealkylation sites (N-methyl/N-ethyl adjacent to an activating group) is 1. The van der Waals surface area contributed by atoms with Gasteiger partial charge in [-0.05, 0) is 42.7 Å². The van der Waals surface area contributed by atoms with E-state index < -0.39 is 0 Å². The molecular weight excluding hydrogens is 338 g/mol. The number of para-hydroxylation sites is 1. The molecule has 0 saturated heterocycles. The number of carbonyl (C=O) groups is 2. The molecule has 0 fully saturated rings. The van der Waals surface area contributed by atoms with Crippen molar-refractivity contribution in [1.29, 1.82) is 0 Å². The third-order valence-electron chi connectivity index (χ3n) is 3.82. The van der Waals surface area contributed by atoms with Gasteiger partial charge >= 0.3 is 6.03 Å². The summed E-state index contributed by atoms with van der Waals surface area (Å²) < 4.78 is 0. The van der Waals surface area contributed by atoms with Gasteiger partial charge in [0.25, 0.3) is 0 Å². The van der Waals surface area contributed by atoms with Crippen molar-refractivity contribution < 1.29 is 9.59 Å².